The van der Waals surface area contributed by atoms with Crippen molar-refractivity contribution in [2.45, 2.75) is 64.7 Å². The second kappa shape index (κ2) is 6.80. The fourth-order valence-electron chi connectivity index (χ4n) is 4.10. The zero-order valence-corrected chi connectivity index (χ0v) is 12.5. The van der Waals surface area contributed by atoms with Crippen molar-refractivity contribution in [2.24, 2.45) is 17.3 Å². The molecule has 0 radical (unpaired) electrons. The Kier molecular flexibility index (Phi) is 5.36. The SMILES string of the molecule is C/C=C/C1(/C=C/Cl)CCC(C2CCCCC2)CC1. The zero-order valence-electron chi connectivity index (χ0n) is 11.7. The lowest BCUT2D eigenvalue weighted by Crippen LogP contribution is -2.28. The van der Waals surface area contributed by atoms with Crippen molar-refractivity contribution in [3.8, 4) is 0 Å². The first-order valence-electron chi connectivity index (χ1n) is 7.71. The molecule has 18 heavy (non-hydrogen) atoms. The maximum absolute atomic E-state index is 5.83. The van der Waals surface area contributed by atoms with Crippen molar-refractivity contribution >= 4 is 11.6 Å². The van der Waals surface area contributed by atoms with Gasteiger partial charge in [0.25, 0.3) is 0 Å². The molecule has 0 aromatic heterocycles. The molecule has 0 nitrogen and oxygen atoms in total. The predicted molar refractivity (Wildman–Crippen MR) is 80.8 cm³/mol. The van der Waals surface area contributed by atoms with Gasteiger partial charge < -0.3 is 0 Å². The van der Waals surface area contributed by atoms with E-state index < -0.39 is 0 Å². The highest BCUT2D eigenvalue weighted by atomic mass is 35.5. The Hall–Kier alpha value is -0.230. The second-order valence-corrected chi connectivity index (χ2v) is 6.51. The summed E-state index contributed by atoms with van der Waals surface area (Å²) in [7, 11) is 0. The molecule has 1 heteroatoms. The number of rotatable bonds is 3. The van der Waals surface area contributed by atoms with Gasteiger partial charge in [-0.2, -0.15) is 0 Å². The van der Waals surface area contributed by atoms with Crippen LogP contribution in [-0.2, 0) is 0 Å². The molecule has 0 N–H and O–H groups in total. The Bertz CT molecular complexity index is 275. The zero-order chi connectivity index (χ0) is 12.8. The van der Waals surface area contributed by atoms with Crippen LogP contribution in [-0.4, -0.2) is 0 Å². The third-order valence-corrected chi connectivity index (χ3v) is 5.30. The van der Waals surface area contributed by atoms with Crippen LogP contribution in [0.2, 0.25) is 0 Å². The summed E-state index contributed by atoms with van der Waals surface area (Å²) >= 11 is 5.83. The summed E-state index contributed by atoms with van der Waals surface area (Å²) in [6, 6.07) is 0. The minimum absolute atomic E-state index is 0.266. The van der Waals surface area contributed by atoms with E-state index in [0.717, 1.165) is 11.8 Å². The first-order chi connectivity index (χ1) is 8.79. The summed E-state index contributed by atoms with van der Waals surface area (Å²) in [4.78, 5) is 0. The molecule has 102 valence electrons. The van der Waals surface area contributed by atoms with E-state index >= 15 is 0 Å². The maximum atomic E-state index is 5.83. The van der Waals surface area contributed by atoms with Gasteiger partial charge in [0.1, 0.15) is 0 Å². The van der Waals surface area contributed by atoms with Crippen molar-refractivity contribution in [1.82, 2.24) is 0 Å². The van der Waals surface area contributed by atoms with Gasteiger partial charge in [-0.3, -0.25) is 0 Å². The summed E-state index contributed by atoms with van der Waals surface area (Å²) in [6.07, 6.45) is 19.6. The van der Waals surface area contributed by atoms with Gasteiger partial charge in [-0.25, -0.2) is 0 Å². The predicted octanol–water partition coefficient (Wildman–Crippen LogP) is 6.07. The van der Waals surface area contributed by atoms with Crippen LogP contribution in [0.15, 0.2) is 23.8 Å². The monoisotopic (exact) mass is 266 g/mol. The van der Waals surface area contributed by atoms with Gasteiger partial charge in [0.2, 0.25) is 0 Å². The maximum Gasteiger partial charge on any atom is 0.00727 e. The molecule has 2 aliphatic rings. The molecule has 0 aromatic rings. The molecular formula is C17H27Cl. The Balaban J connectivity index is 1.92. The van der Waals surface area contributed by atoms with Crippen molar-refractivity contribution in [2.75, 3.05) is 0 Å². The van der Waals surface area contributed by atoms with E-state index in [1.807, 2.05) is 0 Å². The Labute approximate surface area is 117 Å². The van der Waals surface area contributed by atoms with Crippen LogP contribution in [0.3, 0.4) is 0 Å². The fraction of sp³-hybridized carbons (Fsp3) is 0.765. The number of hydrogen-bond acceptors (Lipinski definition) is 0. The molecule has 0 unspecified atom stereocenters. The Morgan fingerprint density at radius 1 is 0.889 bits per heavy atom. The molecule has 0 heterocycles. The van der Waals surface area contributed by atoms with E-state index in [1.165, 1.54) is 57.8 Å². The summed E-state index contributed by atoms with van der Waals surface area (Å²) in [5, 5.41) is 0. The van der Waals surface area contributed by atoms with Gasteiger partial charge in [-0.15, -0.1) is 0 Å². The molecule has 0 saturated heterocycles. The first kappa shape index (κ1) is 14.2. The average molecular weight is 267 g/mol. The molecule has 0 bridgehead atoms. The third-order valence-electron chi connectivity index (χ3n) is 5.17. The van der Waals surface area contributed by atoms with Crippen molar-refractivity contribution in [3.05, 3.63) is 23.8 Å². The minimum Gasteiger partial charge on any atom is -0.0933 e. The van der Waals surface area contributed by atoms with Crippen LogP contribution in [0, 0.1) is 17.3 Å². The molecule has 0 aliphatic heterocycles. The van der Waals surface area contributed by atoms with Crippen LogP contribution in [0.4, 0.5) is 0 Å². The van der Waals surface area contributed by atoms with Crippen molar-refractivity contribution < 1.29 is 0 Å². The van der Waals surface area contributed by atoms with Crippen LogP contribution < -0.4 is 0 Å². The highest BCUT2D eigenvalue weighted by molar-refractivity contribution is 6.25. The molecule has 2 fully saturated rings. The van der Waals surface area contributed by atoms with Crippen molar-refractivity contribution in [3.63, 3.8) is 0 Å². The number of allylic oxidation sites excluding steroid dienone is 3. The summed E-state index contributed by atoms with van der Waals surface area (Å²) in [5.74, 6) is 2.02. The van der Waals surface area contributed by atoms with Gasteiger partial charge in [-0.05, 0) is 44.4 Å². The van der Waals surface area contributed by atoms with Crippen molar-refractivity contribution in [1.29, 1.82) is 0 Å². The molecule has 0 amide bonds. The Morgan fingerprint density at radius 3 is 2.06 bits per heavy atom. The first-order valence-corrected chi connectivity index (χ1v) is 8.15. The minimum atomic E-state index is 0.266. The quantitative estimate of drug-likeness (QED) is 0.544. The van der Waals surface area contributed by atoms with Crippen LogP contribution in [0.5, 0.6) is 0 Å². The third kappa shape index (κ3) is 3.41. The van der Waals surface area contributed by atoms with Gasteiger partial charge in [0, 0.05) is 11.0 Å². The molecule has 0 atom stereocenters. The topological polar surface area (TPSA) is 0 Å². The van der Waals surface area contributed by atoms with E-state index in [4.69, 9.17) is 11.6 Å². The molecule has 2 rings (SSSR count). The lowest BCUT2D eigenvalue weighted by atomic mass is 9.65. The molecule has 0 aromatic carbocycles. The highest BCUT2D eigenvalue weighted by Crippen LogP contribution is 2.46. The van der Waals surface area contributed by atoms with Gasteiger partial charge in [0.15, 0.2) is 0 Å². The average Bonchev–Trinajstić information content (AvgIpc) is 2.41. The van der Waals surface area contributed by atoms with Gasteiger partial charge in [0.05, 0.1) is 0 Å². The summed E-state index contributed by atoms with van der Waals surface area (Å²) < 4.78 is 0. The summed E-state index contributed by atoms with van der Waals surface area (Å²) in [5.41, 5.74) is 1.99. The van der Waals surface area contributed by atoms with Crippen LogP contribution in [0.1, 0.15) is 64.7 Å². The lowest BCUT2D eigenvalue weighted by Gasteiger charge is -2.40. The fourth-order valence-corrected chi connectivity index (χ4v) is 4.35. The number of hydrogen-bond donors (Lipinski definition) is 0. The van der Waals surface area contributed by atoms with Crippen LogP contribution in [0.25, 0.3) is 0 Å². The molecule has 2 saturated carbocycles. The van der Waals surface area contributed by atoms with Gasteiger partial charge in [-0.1, -0.05) is 61.9 Å². The highest BCUT2D eigenvalue weighted by Gasteiger charge is 2.34. The second-order valence-electron chi connectivity index (χ2n) is 6.26. The standard InChI is InChI=1S/C17H27Cl/c1-2-10-17(13-14-18)11-8-16(9-12-17)15-6-4-3-5-7-15/h2,10,13-16H,3-9,11-12H2,1H3/b10-2+,14-13+. The molecule has 0 spiro atoms. The molecular weight excluding hydrogens is 240 g/mol. The Morgan fingerprint density at radius 2 is 1.50 bits per heavy atom. The van der Waals surface area contributed by atoms with E-state index in [2.05, 4.69) is 25.2 Å². The van der Waals surface area contributed by atoms with Crippen LogP contribution >= 0.6 is 11.6 Å². The number of halogens is 1. The van der Waals surface area contributed by atoms with E-state index in [0.29, 0.717) is 0 Å². The van der Waals surface area contributed by atoms with Gasteiger partial charge >= 0.3 is 0 Å². The normalized spacial score (nSPS) is 35.6. The van der Waals surface area contributed by atoms with E-state index in [-0.39, 0.29) is 5.41 Å². The van der Waals surface area contributed by atoms with E-state index in [1.54, 1.807) is 5.54 Å². The summed E-state index contributed by atoms with van der Waals surface area (Å²) in [6.45, 7) is 2.12. The smallest absolute Gasteiger partial charge is 0.00727 e. The van der Waals surface area contributed by atoms with E-state index in [9.17, 15) is 0 Å². The lowest BCUT2D eigenvalue weighted by molar-refractivity contribution is 0.156. The molecule has 2 aliphatic carbocycles. The largest absolute Gasteiger partial charge is 0.0933 e.